The van der Waals surface area contributed by atoms with Crippen molar-refractivity contribution in [3.63, 3.8) is 0 Å². The van der Waals surface area contributed by atoms with Crippen molar-refractivity contribution in [2.45, 2.75) is 30.6 Å². The van der Waals surface area contributed by atoms with Crippen molar-refractivity contribution in [1.29, 1.82) is 0 Å². The third kappa shape index (κ3) is 4.51. The molecule has 0 saturated heterocycles. The van der Waals surface area contributed by atoms with Gasteiger partial charge in [-0.2, -0.15) is 0 Å². The number of aliphatic imine (C=N–C) groups is 1. The number of benzene rings is 1. The topological polar surface area (TPSA) is 122 Å². The molecule has 2 aromatic rings. The van der Waals surface area contributed by atoms with Gasteiger partial charge in [0.1, 0.15) is 5.69 Å². The summed E-state index contributed by atoms with van der Waals surface area (Å²) in [6, 6.07) is 2.19. The predicted molar refractivity (Wildman–Crippen MR) is 111 cm³/mol. The van der Waals surface area contributed by atoms with Gasteiger partial charge in [0.2, 0.25) is 0 Å². The van der Waals surface area contributed by atoms with Crippen LogP contribution in [-0.2, 0) is 10.3 Å². The van der Waals surface area contributed by atoms with Crippen LogP contribution in [0.25, 0.3) is 0 Å². The van der Waals surface area contributed by atoms with Gasteiger partial charge in [0.05, 0.1) is 18.3 Å². The molecular formula is C19H21F2N5O3S. The number of hydrogen-bond donors (Lipinski definition) is 3. The van der Waals surface area contributed by atoms with Gasteiger partial charge in [0.25, 0.3) is 11.5 Å². The Hall–Kier alpha value is -2.79. The Morgan fingerprint density at radius 1 is 1.40 bits per heavy atom. The summed E-state index contributed by atoms with van der Waals surface area (Å²) in [4.78, 5) is 33.9. The first kappa shape index (κ1) is 21.9. The highest BCUT2D eigenvalue weighted by atomic mass is 32.2. The van der Waals surface area contributed by atoms with Crippen molar-refractivity contribution >= 4 is 28.5 Å². The number of ether oxygens (including phenoxy) is 1. The number of methoxy groups -OCH3 is 1. The van der Waals surface area contributed by atoms with Crippen LogP contribution in [0.1, 0.15) is 36.3 Å². The van der Waals surface area contributed by atoms with E-state index in [4.69, 9.17) is 10.5 Å². The van der Waals surface area contributed by atoms with Gasteiger partial charge in [0.15, 0.2) is 16.8 Å². The number of amides is 1. The van der Waals surface area contributed by atoms with Crippen molar-refractivity contribution in [3.05, 3.63) is 57.8 Å². The fourth-order valence-electron chi connectivity index (χ4n) is 3.58. The molecule has 0 fully saturated rings. The second kappa shape index (κ2) is 8.15. The van der Waals surface area contributed by atoms with Crippen molar-refractivity contribution in [1.82, 2.24) is 9.97 Å². The van der Waals surface area contributed by atoms with E-state index in [9.17, 15) is 18.4 Å². The standard InChI is InChI=1S/C19H21F2N5O3S/c1-18(9-29-3)8-19(2,26-17(22)30-18)11-4-10(5-12(20)15(11)21)25-16(28)13-6-24-14(27)7-23-13/h4-7H,8-9H2,1-3H3,(H2,22,26)(H,24,27)(H,25,28)/t18-,19+/m1/s1. The lowest BCUT2D eigenvalue weighted by molar-refractivity contribution is 0.102. The van der Waals surface area contributed by atoms with Crippen LogP contribution in [0.4, 0.5) is 14.5 Å². The Morgan fingerprint density at radius 3 is 2.77 bits per heavy atom. The summed E-state index contributed by atoms with van der Waals surface area (Å²) in [5.74, 6) is -2.90. The first-order valence-electron chi connectivity index (χ1n) is 8.94. The average molecular weight is 437 g/mol. The molecule has 2 heterocycles. The molecular weight excluding hydrogens is 416 g/mol. The molecule has 3 rings (SSSR count). The van der Waals surface area contributed by atoms with E-state index in [1.807, 2.05) is 6.92 Å². The number of amidine groups is 1. The summed E-state index contributed by atoms with van der Waals surface area (Å²) in [5.41, 5.74) is 4.22. The number of H-pyrrole nitrogens is 1. The highest BCUT2D eigenvalue weighted by Gasteiger charge is 2.44. The van der Waals surface area contributed by atoms with Crippen molar-refractivity contribution < 1.29 is 18.3 Å². The fraction of sp³-hybridized carbons (Fsp3) is 0.368. The third-order valence-electron chi connectivity index (χ3n) is 4.65. The van der Waals surface area contributed by atoms with Crippen molar-refractivity contribution in [2.24, 2.45) is 10.7 Å². The lowest BCUT2D eigenvalue weighted by atomic mass is 9.83. The lowest BCUT2D eigenvalue weighted by Gasteiger charge is -2.41. The van der Waals surface area contributed by atoms with Crippen LogP contribution in [0.2, 0.25) is 0 Å². The highest BCUT2D eigenvalue weighted by Crippen LogP contribution is 2.46. The van der Waals surface area contributed by atoms with E-state index in [-0.39, 0.29) is 22.1 Å². The zero-order valence-electron chi connectivity index (χ0n) is 16.6. The summed E-state index contributed by atoms with van der Waals surface area (Å²) in [6.45, 7) is 3.89. The molecule has 0 aliphatic carbocycles. The number of nitrogens with zero attached hydrogens (tertiary/aromatic N) is 2. The van der Waals surface area contributed by atoms with Gasteiger partial charge in [-0.05, 0) is 26.3 Å². The molecule has 1 amide bonds. The summed E-state index contributed by atoms with van der Waals surface area (Å²) in [5, 5.41) is 2.69. The quantitative estimate of drug-likeness (QED) is 0.660. The number of anilines is 1. The Kier molecular flexibility index (Phi) is 5.95. The molecule has 0 spiro atoms. The molecule has 1 aromatic heterocycles. The van der Waals surface area contributed by atoms with E-state index in [1.165, 1.54) is 17.8 Å². The van der Waals surface area contributed by atoms with E-state index in [1.54, 1.807) is 14.0 Å². The predicted octanol–water partition coefficient (Wildman–Crippen LogP) is 2.37. The molecule has 11 heteroatoms. The largest absolute Gasteiger partial charge is 0.383 e. The second-order valence-electron chi connectivity index (χ2n) is 7.46. The van der Waals surface area contributed by atoms with E-state index >= 15 is 0 Å². The number of hydrogen-bond acceptors (Lipinski definition) is 7. The van der Waals surface area contributed by atoms with Crippen LogP contribution in [0.15, 0.2) is 34.3 Å². The molecule has 0 radical (unpaired) electrons. The smallest absolute Gasteiger partial charge is 0.275 e. The van der Waals surface area contributed by atoms with Crippen LogP contribution < -0.4 is 16.6 Å². The van der Waals surface area contributed by atoms with Crippen molar-refractivity contribution in [2.75, 3.05) is 19.0 Å². The minimum Gasteiger partial charge on any atom is -0.383 e. The van der Waals surface area contributed by atoms with Crippen LogP contribution in [0, 0.1) is 11.6 Å². The number of aromatic nitrogens is 2. The second-order valence-corrected chi connectivity index (χ2v) is 9.06. The average Bonchev–Trinajstić information content (AvgIpc) is 2.63. The minimum absolute atomic E-state index is 0.0172. The zero-order chi connectivity index (χ0) is 22.1. The maximum absolute atomic E-state index is 14.8. The summed E-state index contributed by atoms with van der Waals surface area (Å²) in [7, 11) is 1.55. The fourth-order valence-corrected chi connectivity index (χ4v) is 4.86. The highest BCUT2D eigenvalue weighted by molar-refractivity contribution is 8.15. The number of carbonyl (C=O) groups is 1. The van der Waals surface area contributed by atoms with Crippen LogP contribution in [0.5, 0.6) is 0 Å². The van der Waals surface area contributed by atoms with Crippen LogP contribution >= 0.6 is 11.8 Å². The molecule has 8 nitrogen and oxygen atoms in total. The van der Waals surface area contributed by atoms with Gasteiger partial charge < -0.3 is 20.8 Å². The van der Waals surface area contributed by atoms with Gasteiger partial charge >= 0.3 is 0 Å². The molecule has 0 bridgehead atoms. The van der Waals surface area contributed by atoms with Gasteiger partial charge in [-0.25, -0.2) is 13.8 Å². The molecule has 30 heavy (non-hydrogen) atoms. The molecule has 1 aliphatic rings. The normalized spacial score (nSPS) is 23.7. The van der Waals surface area contributed by atoms with Gasteiger partial charge in [0, 0.05) is 35.4 Å². The lowest BCUT2D eigenvalue weighted by Crippen LogP contribution is -2.43. The SMILES string of the molecule is COC[C@@]1(C)C[C@@](C)(c2cc(NC(=O)c3c[nH]c(=O)cn3)cc(F)c2F)N=C(N)S1. The monoisotopic (exact) mass is 437 g/mol. The van der Waals surface area contributed by atoms with Gasteiger partial charge in [-0.1, -0.05) is 11.8 Å². The molecule has 2 atom stereocenters. The Bertz CT molecular complexity index is 1060. The number of halogens is 2. The number of rotatable bonds is 5. The maximum Gasteiger partial charge on any atom is 0.275 e. The summed E-state index contributed by atoms with van der Waals surface area (Å²) >= 11 is 1.31. The van der Waals surface area contributed by atoms with E-state index in [0.717, 1.165) is 18.5 Å². The van der Waals surface area contributed by atoms with Crippen molar-refractivity contribution in [3.8, 4) is 0 Å². The van der Waals surface area contributed by atoms with E-state index < -0.39 is 33.4 Å². The zero-order valence-corrected chi connectivity index (χ0v) is 17.4. The number of aromatic amines is 1. The minimum atomic E-state index is -1.18. The molecule has 0 saturated carbocycles. The summed E-state index contributed by atoms with van der Waals surface area (Å²) in [6.07, 6.45) is 2.40. The molecule has 1 aliphatic heterocycles. The Morgan fingerprint density at radius 2 is 2.13 bits per heavy atom. The number of nitrogens with two attached hydrogens (primary N) is 1. The van der Waals surface area contributed by atoms with Crippen LogP contribution in [0.3, 0.4) is 0 Å². The Labute approximate surface area is 175 Å². The van der Waals surface area contributed by atoms with Gasteiger partial charge in [-0.15, -0.1) is 0 Å². The van der Waals surface area contributed by atoms with E-state index in [0.29, 0.717) is 13.0 Å². The number of carbonyl (C=O) groups excluding carboxylic acids is 1. The van der Waals surface area contributed by atoms with Gasteiger partial charge in [-0.3, -0.25) is 14.6 Å². The Balaban J connectivity index is 1.98. The first-order valence-corrected chi connectivity index (χ1v) is 9.76. The molecule has 160 valence electrons. The summed E-state index contributed by atoms with van der Waals surface area (Å²) < 4.78 is 34.0. The molecule has 4 N–H and O–H groups in total. The number of thioether (sulfide) groups is 1. The molecule has 1 aromatic carbocycles. The number of nitrogens with one attached hydrogen (secondary N) is 2. The van der Waals surface area contributed by atoms with Crippen LogP contribution in [-0.4, -0.2) is 39.5 Å². The van der Waals surface area contributed by atoms with E-state index in [2.05, 4.69) is 20.3 Å². The first-order chi connectivity index (χ1) is 14.0. The maximum atomic E-state index is 14.8. The third-order valence-corrected chi connectivity index (χ3v) is 5.70. The molecule has 0 unspecified atom stereocenters.